The van der Waals surface area contributed by atoms with Gasteiger partial charge in [-0.3, -0.25) is 4.57 Å². The molecule has 55 heavy (non-hydrogen) atoms. The van der Waals surface area contributed by atoms with Gasteiger partial charge in [0.1, 0.15) is 11.2 Å². The number of para-hydroxylation sites is 2. The van der Waals surface area contributed by atoms with Gasteiger partial charge in [-0.15, -0.1) is 0 Å². The summed E-state index contributed by atoms with van der Waals surface area (Å²) in [6, 6.07) is 58.6. The van der Waals surface area contributed by atoms with E-state index in [9.17, 15) is 0 Å². The van der Waals surface area contributed by atoms with Gasteiger partial charge in [-0.05, 0) is 87.1 Å². The highest BCUT2D eigenvalue weighted by Gasteiger charge is 2.36. The summed E-state index contributed by atoms with van der Waals surface area (Å²) in [6.45, 7) is 4.67. The van der Waals surface area contributed by atoms with Gasteiger partial charge in [0.2, 0.25) is 5.95 Å². The Morgan fingerprint density at radius 2 is 1.20 bits per heavy atom. The minimum Gasteiger partial charge on any atom is -0.455 e. The van der Waals surface area contributed by atoms with E-state index in [0.717, 1.165) is 71.6 Å². The molecule has 0 atom stereocenters. The van der Waals surface area contributed by atoms with Crippen molar-refractivity contribution in [3.63, 3.8) is 0 Å². The van der Waals surface area contributed by atoms with Crippen molar-refractivity contribution in [1.82, 2.24) is 14.5 Å². The molecule has 0 spiro atoms. The van der Waals surface area contributed by atoms with Crippen molar-refractivity contribution in [2.75, 3.05) is 0 Å². The fourth-order valence-electron chi connectivity index (χ4n) is 9.30. The molecule has 12 rings (SSSR count). The second-order valence-corrected chi connectivity index (χ2v) is 15.4. The Balaban J connectivity index is 1.16. The van der Waals surface area contributed by atoms with Gasteiger partial charge < -0.3 is 4.42 Å². The number of fused-ring (bicyclic) bond motifs is 11. The Morgan fingerprint density at radius 1 is 0.473 bits per heavy atom. The predicted molar refractivity (Wildman–Crippen MR) is 227 cm³/mol. The van der Waals surface area contributed by atoms with E-state index in [4.69, 9.17) is 14.4 Å². The first-order valence-corrected chi connectivity index (χ1v) is 18.9. The van der Waals surface area contributed by atoms with E-state index in [1.807, 2.05) is 0 Å². The van der Waals surface area contributed by atoms with E-state index >= 15 is 0 Å². The van der Waals surface area contributed by atoms with Gasteiger partial charge in [-0.2, -0.15) is 0 Å². The number of hydrogen-bond donors (Lipinski definition) is 0. The molecular formula is C51H33N3O. The molecule has 0 saturated heterocycles. The van der Waals surface area contributed by atoms with E-state index in [0.29, 0.717) is 5.95 Å². The summed E-state index contributed by atoms with van der Waals surface area (Å²) in [5, 5.41) is 7.88. The van der Waals surface area contributed by atoms with Crippen LogP contribution < -0.4 is 0 Å². The SMILES string of the molecule is CC1(C)c2ccccc2-c2cc3c4ccccc4n(-c4nc(-c5cc(-c6ccccc6)c6oc7cc8ccccc8cc7c6c5)c5ccccc5n4)c3cc21. The Morgan fingerprint density at radius 3 is 2.07 bits per heavy atom. The zero-order valence-corrected chi connectivity index (χ0v) is 30.3. The first kappa shape index (κ1) is 30.4. The molecule has 0 N–H and O–H groups in total. The van der Waals surface area contributed by atoms with Gasteiger partial charge >= 0.3 is 0 Å². The van der Waals surface area contributed by atoms with Crippen LogP contribution in [0.25, 0.3) is 105 Å². The molecule has 0 bridgehead atoms. The molecule has 0 saturated carbocycles. The van der Waals surface area contributed by atoms with Crippen molar-refractivity contribution in [3.05, 3.63) is 175 Å². The fraction of sp³-hybridized carbons (Fsp3) is 0.0588. The zero-order valence-electron chi connectivity index (χ0n) is 30.3. The van der Waals surface area contributed by atoms with Crippen LogP contribution in [0.2, 0.25) is 0 Å². The van der Waals surface area contributed by atoms with E-state index in [-0.39, 0.29) is 5.41 Å². The maximum atomic E-state index is 6.74. The van der Waals surface area contributed by atoms with Crippen LogP contribution in [0.15, 0.2) is 168 Å². The van der Waals surface area contributed by atoms with Crippen LogP contribution in [0.4, 0.5) is 0 Å². The molecular weight excluding hydrogens is 671 g/mol. The van der Waals surface area contributed by atoms with Crippen molar-refractivity contribution >= 4 is 65.4 Å². The average Bonchev–Trinajstić information content (AvgIpc) is 3.83. The van der Waals surface area contributed by atoms with Crippen molar-refractivity contribution in [3.8, 4) is 39.5 Å². The molecule has 1 aliphatic rings. The highest BCUT2D eigenvalue weighted by molar-refractivity contribution is 6.15. The highest BCUT2D eigenvalue weighted by Crippen LogP contribution is 2.51. The van der Waals surface area contributed by atoms with Crippen LogP contribution in [0.3, 0.4) is 0 Å². The van der Waals surface area contributed by atoms with Crippen molar-refractivity contribution in [2.24, 2.45) is 0 Å². The lowest BCUT2D eigenvalue weighted by Crippen LogP contribution is -2.15. The standard InChI is InChI=1S/C51H33N3O/c1-51(2)42-21-11-8-18-34(42)38-28-39-35-19-10-13-23-45(35)54(46(39)29-43(38)51)50-52-44-22-12-9-20-36(44)48(53-50)33-25-37(30-14-4-3-5-15-30)49-41(26-33)40-24-31-16-6-7-17-32(31)27-47(40)55-49/h3-29H,1-2H3. The van der Waals surface area contributed by atoms with Crippen molar-refractivity contribution in [2.45, 2.75) is 19.3 Å². The third-order valence-electron chi connectivity index (χ3n) is 12.0. The fourth-order valence-corrected chi connectivity index (χ4v) is 9.30. The van der Waals surface area contributed by atoms with Crippen LogP contribution in [0, 0.1) is 0 Å². The molecule has 4 nitrogen and oxygen atoms in total. The van der Waals surface area contributed by atoms with Gasteiger partial charge in [-0.1, -0.05) is 129 Å². The number of aromatic nitrogens is 3. The first-order chi connectivity index (χ1) is 27.0. The molecule has 0 radical (unpaired) electrons. The Kier molecular flexibility index (Phi) is 6.09. The van der Waals surface area contributed by atoms with Crippen molar-refractivity contribution < 1.29 is 4.42 Å². The quantitative estimate of drug-likeness (QED) is 0.184. The van der Waals surface area contributed by atoms with Gasteiger partial charge in [0.05, 0.1) is 22.2 Å². The molecule has 0 fully saturated rings. The predicted octanol–water partition coefficient (Wildman–Crippen LogP) is 13.4. The second kappa shape index (κ2) is 11.0. The molecule has 8 aromatic carbocycles. The summed E-state index contributed by atoms with van der Waals surface area (Å²) in [7, 11) is 0. The monoisotopic (exact) mass is 703 g/mol. The molecule has 0 aliphatic heterocycles. The largest absolute Gasteiger partial charge is 0.455 e. The minimum atomic E-state index is -0.140. The summed E-state index contributed by atoms with van der Waals surface area (Å²) in [6.07, 6.45) is 0. The summed E-state index contributed by atoms with van der Waals surface area (Å²) < 4.78 is 9.02. The topological polar surface area (TPSA) is 43.9 Å². The third kappa shape index (κ3) is 4.28. The minimum absolute atomic E-state index is 0.140. The van der Waals surface area contributed by atoms with E-state index in [2.05, 4.69) is 182 Å². The van der Waals surface area contributed by atoms with Gasteiger partial charge in [0, 0.05) is 43.5 Å². The Bertz CT molecular complexity index is 3400. The highest BCUT2D eigenvalue weighted by atomic mass is 16.3. The maximum Gasteiger partial charge on any atom is 0.235 e. The van der Waals surface area contributed by atoms with Crippen LogP contribution in [0.5, 0.6) is 0 Å². The lowest BCUT2D eigenvalue weighted by atomic mass is 9.82. The molecule has 258 valence electrons. The second-order valence-electron chi connectivity index (χ2n) is 15.4. The van der Waals surface area contributed by atoms with Gasteiger partial charge in [0.25, 0.3) is 0 Å². The number of furan rings is 1. The van der Waals surface area contributed by atoms with E-state index in [1.54, 1.807) is 0 Å². The number of nitrogens with zero attached hydrogens (tertiary/aromatic N) is 3. The molecule has 3 aromatic heterocycles. The Hall–Kier alpha value is -7.04. The lowest BCUT2D eigenvalue weighted by molar-refractivity contribution is 0.661. The van der Waals surface area contributed by atoms with Crippen molar-refractivity contribution in [1.29, 1.82) is 0 Å². The van der Waals surface area contributed by atoms with E-state index < -0.39 is 0 Å². The number of hydrogen-bond acceptors (Lipinski definition) is 3. The third-order valence-corrected chi connectivity index (χ3v) is 12.0. The van der Waals surface area contributed by atoms with Crippen LogP contribution in [-0.4, -0.2) is 14.5 Å². The zero-order chi connectivity index (χ0) is 36.4. The van der Waals surface area contributed by atoms with Crippen LogP contribution in [0.1, 0.15) is 25.0 Å². The molecule has 0 amide bonds. The summed E-state index contributed by atoms with van der Waals surface area (Å²) in [5.41, 5.74) is 14.0. The molecule has 4 heteroatoms. The summed E-state index contributed by atoms with van der Waals surface area (Å²) >= 11 is 0. The Labute approximate surface area is 316 Å². The smallest absolute Gasteiger partial charge is 0.235 e. The summed E-state index contributed by atoms with van der Waals surface area (Å²) in [5.74, 6) is 0.651. The number of rotatable bonds is 3. The summed E-state index contributed by atoms with van der Waals surface area (Å²) in [4.78, 5) is 10.9. The molecule has 1 aliphatic carbocycles. The number of benzene rings is 8. The lowest BCUT2D eigenvalue weighted by Gasteiger charge is -2.21. The van der Waals surface area contributed by atoms with E-state index in [1.165, 1.54) is 38.4 Å². The normalized spacial score (nSPS) is 13.4. The van der Waals surface area contributed by atoms with Crippen LogP contribution >= 0.6 is 0 Å². The molecule has 3 heterocycles. The van der Waals surface area contributed by atoms with Crippen LogP contribution in [-0.2, 0) is 5.41 Å². The molecule has 0 unspecified atom stereocenters. The average molecular weight is 704 g/mol. The molecule has 11 aromatic rings. The van der Waals surface area contributed by atoms with Gasteiger partial charge in [0.15, 0.2) is 0 Å². The first-order valence-electron chi connectivity index (χ1n) is 18.9. The maximum absolute atomic E-state index is 6.74. The van der Waals surface area contributed by atoms with Gasteiger partial charge in [-0.25, -0.2) is 9.97 Å².